The van der Waals surface area contributed by atoms with Crippen LogP contribution in [0.2, 0.25) is 0 Å². The van der Waals surface area contributed by atoms with Crippen molar-refractivity contribution in [3.8, 4) is 0 Å². The monoisotopic (exact) mass is 369 g/mol. The van der Waals surface area contributed by atoms with Crippen LogP contribution in [0.4, 0.5) is 5.69 Å². The van der Waals surface area contributed by atoms with Gasteiger partial charge in [0.15, 0.2) is 0 Å². The lowest BCUT2D eigenvalue weighted by Gasteiger charge is -2.33. The molecule has 2 aromatic rings. The van der Waals surface area contributed by atoms with Gasteiger partial charge in [-0.25, -0.2) is 0 Å². The summed E-state index contributed by atoms with van der Waals surface area (Å²) in [6.45, 7) is 3.93. The Hall–Kier alpha value is -2.15. The molecule has 2 fully saturated rings. The number of likely N-dealkylation sites (tertiary alicyclic amines) is 1. The van der Waals surface area contributed by atoms with Gasteiger partial charge < -0.3 is 19.6 Å². The van der Waals surface area contributed by atoms with E-state index >= 15 is 0 Å². The van der Waals surface area contributed by atoms with E-state index in [1.807, 2.05) is 44.4 Å². The van der Waals surface area contributed by atoms with E-state index in [-0.39, 0.29) is 11.9 Å². The number of aliphatic hydroxyl groups is 1. The van der Waals surface area contributed by atoms with Crippen molar-refractivity contribution in [3.05, 3.63) is 42.0 Å². The lowest BCUT2D eigenvalue weighted by molar-refractivity contribution is -0.00611. The summed E-state index contributed by atoms with van der Waals surface area (Å²) in [4.78, 5) is 19.4. The molecule has 0 aliphatic carbocycles. The number of hydrogen-bond donors (Lipinski definition) is 1. The van der Waals surface area contributed by atoms with Gasteiger partial charge in [0.2, 0.25) is 0 Å². The highest BCUT2D eigenvalue weighted by Crippen LogP contribution is 2.30. The van der Waals surface area contributed by atoms with Gasteiger partial charge in [0.1, 0.15) is 0 Å². The Balaban J connectivity index is 1.61. The van der Waals surface area contributed by atoms with Gasteiger partial charge in [0.25, 0.3) is 5.91 Å². The Morgan fingerprint density at radius 1 is 1.07 bits per heavy atom. The van der Waals surface area contributed by atoms with E-state index in [1.165, 1.54) is 0 Å². The molecule has 2 saturated heterocycles. The van der Waals surface area contributed by atoms with Crippen molar-refractivity contribution in [2.75, 3.05) is 58.4 Å². The molecule has 0 bridgehead atoms. The Morgan fingerprint density at radius 3 is 2.48 bits per heavy atom. The van der Waals surface area contributed by atoms with Crippen molar-refractivity contribution < 1.29 is 14.6 Å². The van der Waals surface area contributed by atoms with Crippen LogP contribution in [0.3, 0.4) is 0 Å². The molecule has 6 heteroatoms. The standard InChI is InChI=1S/C21H27N3O3/c1-22(2)18-8-7-17(15-5-3-4-6-16(15)18)21(26)24-13-19(20(25)14-24)23-9-11-27-12-10-23/h3-8,19-20,25H,9-14H2,1-2H3/t19-,20-/m0/s1. The highest BCUT2D eigenvalue weighted by Gasteiger charge is 2.38. The van der Waals surface area contributed by atoms with Crippen molar-refractivity contribution in [1.29, 1.82) is 0 Å². The van der Waals surface area contributed by atoms with Crippen LogP contribution >= 0.6 is 0 Å². The third-order valence-corrected chi connectivity index (χ3v) is 5.67. The molecule has 2 atom stereocenters. The molecule has 0 unspecified atom stereocenters. The maximum absolute atomic E-state index is 13.3. The lowest BCUT2D eigenvalue weighted by Crippen LogP contribution is -2.49. The Bertz CT molecular complexity index is 833. The first-order chi connectivity index (χ1) is 13.1. The molecule has 1 N–H and O–H groups in total. The molecule has 2 aromatic carbocycles. The van der Waals surface area contributed by atoms with Gasteiger partial charge in [0, 0.05) is 56.9 Å². The number of aliphatic hydroxyl groups excluding tert-OH is 1. The van der Waals surface area contributed by atoms with E-state index in [4.69, 9.17) is 4.74 Å². The Kier molecular flexibility index (Phi) is 5.04. The molecule has 6 nitrogen and oxygen atoms in total. The van der Waals surface area contributed by atoms with Crippen molar-refractivity contribution in [2.24, 2.45) is 0 Å². The number of β-amino-alcohol motifs (C(OH)–C–C–N with tert-alkyl or cyclic N) is 1. The summed E-state index contributed by atoms with van der Waals surface area (Å²) < 4.78 is 5.41. The number of anilines is 1. The van der Waals surface area contributed by atoms with Crippen molar-refractivity contribution >= 4 is 22.4 Å². The van der Waals surface area contributed by atoms with E-state index in [0.717, 1.165) is 29.5 Å². The zero-order valence-electron chi connectivity index (χ0n) is 16.0. The smallest absolute Gasteiger partial charge is 0.254 e. The molecule has 0 spiro atoms. The second kappa shape index (κ2) is 7.46. The van der Waals surface area contributed by atoms with Gasteiger partial charge in [-0.15, -0.1) is 0 Å². The molecule has 2 heterocycles. The number of fused-ring (bicyclic) bond motifs is 1. The minimum absolute atomic E-state index is 0.00804. The van der Waals surface area contributed by atoms with Crippen LogP contribution in [0.5, 0.6) is 0 Å². The maximum Gasteiger partial charge on any atom is 0.254 e. The normalized spacial score (nSPS) is 23.7. The van der Waals surface area contributed by atoms with E-state index in [9.17, 15) is 9.90 Å². The topological polar surface area (TPSA) is 56.2 Å². The molecular formula is C21H27N3O3. The average Bonchev–Trinajstić information content (AvgIpc) is 3.09. The molecular weight excluding hydrogens is 342 g/mol. The van der Waals surface area contributed by atoms with Gasteiger partial charge in [-0.1, -0.05) is 24.3 Å². The minimum atomic E-state index is -0.514. The summed E-state index contributed by atoms with van der Waals surface area (Å²) in [5.41, 5.74) is 1.79. The molecule has 1 amide bonds. The minimum Gasteiger partial charge on any atom is -0.390 e. The lowest BCUT2D eigenvalue weighted by atomic mass is 10.0. The Morgan fingerprint density at radius 2 is 1.78 bits per heavy atom. The first-order valence-electron chi connectivity index (χ1n) is 9.54. The quantitative estimate of drug-likeness (QED) is 0.887. The van der Waals surface area contributed by atoms with Crippen molar-refractivity contribution in [3.63, 3.8) is 0 Å². The molecule has 2 aliphatic heterocycles. The van der Waals surface area contributed by atoms with Crippen molar-refractivity contribution in [2.45, 2.75) is 12.1 Å². The van der Waals surface area contributed by atoms with Crippen LogP contribution in [0.25, 0.3) is 10.8 Å². The number of carbonyl (C=O) groups excluding carboxylic acids is 1. The number of hydrogen-bond acceptors (Lipinski definition) is 5. The fourth-order valence-electron chi connectivity index (χ4n) is 4.23. The molecule has 2 aliphatic rings. The summed E-state index contributed by atoms with van der Waals surface area (Å²) in [6.07, 6.45) is -0.514. The SMILES string of the molecule is CN(C)c1ccc(C(=O)N2C[C@H](O)[C@@H](N3CCOCC3)C2)c2ccccc12. The van der Waals surface area contributed by atoms with Gasteiger partial charge >= 0.3 is 0 Å². The Labute approximate surface area is 159 Å². The molecule has 4 rings (SSSR count). The third-order valence-electron chi connectivity index (χ3n) is 5.67. The van der Waals surface area contributed by atoms with E-state index in [2.05, 4.69) is 15.9 Å². The highest BCUT2D eigenvalue weighted by molar-refractivity contribution is 6.10. The van der Waals surface area contributed by atoms with Gasteiger partial charge in [0.05, 0.1) is 25.4 Å². The summed E-state index contributed by atoms with van der Waals surface area (Å²) in [7, 11) is 4.01. The number of nitrogens with zero attached hydrogens (tertiary/aromatic N) is 3. The predicted molar refractivity (Wildman–Crippen MR) is 106 cm³/mol. The van der Waals surface area contributed by atoms with E-state index in [1.54, 1.807) is 4.90 Å². The van der Waals surface area contributed by atoms with Crippen LogP contribution in [-0.2, 0) is 4.74 Å². The maximum atomic E-state index is 13.3. The molecule has 0 saturated carbocycles. The summed E-state index contributed by atoms with van der Waals surface area (Å²) in [6, 6.07) is 11.9. The molecule has 0 radical (unpaired) electrons. The number of rotatable bonds is 3. The molecule has 27 heavy (non-hydrogen) atoms. The summed E-state index contributed by atoms with van der Waals surface area (Å²) in [5.74, 6) is -0.00804. The summed E-state index contributed by atoms with van der Waals surface area (Å²) in [5, 5.41) is 12.6. The fraction of sp³-hybridized carbons (Fsp3) is 0.476. The largest absolute Gasteiger partial charge is 0.390 e. The number of morpholine rings is 1. The second-order valence-corrected chi connectivity index (χ2v) is 7.57. The fourth-order valence-corrected chi connectivity index (χ4v) is 4.23. The van der Waals surface area contributed by atoms with Gasteiger partial charge in [-0.3, -0.25) is 9.69 Å². The predicted octanol–water partition coefficient (Wildman–Crippen LogP) is 1.42. The van der Waals surface area contributed by atoms with Crippen LogP contribution in [0.1, 0.15) is 10.4 Å². The summed E-state index contributed by atoms with van der Waals surface area (Å²) >= 11 is 0. The zero-order valence-corrected chi connectivity index (χ0v) is 16.0. The van der Waals surface area contributed by atoms with Crippen LogP contribution in [0.15, 0.2) is 36.4 Å². The first-order valence-corrected chi connectivity index (χ1v) is 9.54. The van der Waals surface area contributed by atoms with Crippen LogP contribution in [0, 0.1) is 0 Å². The number of benzene rings is 2. The number of ether oxygens (including phenoxy) is 1. The van der Waals surface area contributed by atoms with E-state index in [0.29, 0.717) is 31.9 Å². The zero-order chi connectivity index (χ0) is 19.0. The van der Waals surface area contributed by atoms with Crippen LogP contribution in [-0.4, -0.2) is 86.4 Å². The van der Waals surface area contributed by atoms with E-state index < -0.39 is 6.10 Å². The number of amides is 1. The first kappa shape index (κ1) is 18.2. The highest BCUT2D eigenvalue weighted by atomic mass is 16.5. The van der Waals surface area contributed by atoms with Gasteiger partial charge in [-0.05, 0) is 17.5 Å². The van der Waals surface area contributed by atoms with Crippen molar-refractivity contribution in [1.82, 2.24) is 9.80 Å². The second-order valence-electron chi connectivity index (χ2n) is 7.57. The molecule has 0 aromatic heterocycles. The average molecular weight is 369 g/mol. The van der Waals surface area contributed by atoms with Gasteiger partial charge in [-0.2, -0.15) is 0 Å². The van der Waals surface area contributed by atoms with Crippen LogP contribution < -0.4 is 4.90 Å². The molecule has 144 valence electrons. The third kappa shape index (κ3) is 3.40. The number of carbonyl (C=O) groups is 1.